The summed E-state index contributed by atoms with van der Waals surface area (Å²) < 4.78 is 0. The quantitative estimate of drug-likeness (QED) is 0.862. The van der Waals surface area contributed by atoms with E-state index in [4.69, 9.17) is 0 Å². The van der Waals surface area contributed by atoms with Crippen LogP contribution in [-0.2, 0) is 17.6 Å². The molecule has 1 aromatic rings. The Kier molecular flexibility index (Phi) is 5.49. The third-order valence-corrected chi connectivity index (χ3v) is 6.66. The van der Waals surface area contributed by atoms with E-state index in [9.17, 15) is 14.7 Å². The van der Waals surface area contributed by atoms with Gasteiger partial charge in [0.1, 0.15) is 0 Å². The predicted octanol–water partition coefficient (Wildman–Crippen LogP) is 2.37. The van der Waals surface area contributed by atoms with Crippen molar-refractivity contribution < 1.29 is 14.7 Å². The van der Waals surface area contributed by atoms with E-state index >= 15 is 0 Å². The monoisotopic (exact) mass is 364 g/mol. The van der Waals surface area contributed by atoms with Crippen LogP contribution in [0.4, 0.5) is 0 Å². The average Bonchev–Trinajstić information content (AvgIpc) is 2.91. The van der Waals surface area contributed by atoms with Crippen molar-refractivity contribution in [2.24, 2.45) is 5.41 Å². The lowest BCUT2D eigenvalue weighted by molar-refractivity contribution is -0.152. The summed E-state index contributed by atoms with van der Waals surface area (Å²) in [7, 11) is 3.44. The lowest BCUT2D eigenvalue weighted by Crippen LogP contribution is -2.57. The predicted molar refractivity (Wildman–Crippen MR) is 98.9 cm³/mol. The second-order valence-electron chi connectivity index (χ2n) is 7.70. The molecule has 0 spiro atoms. The molecular weight excluding hydrogens is 336 g/mol. The molecule has 2 aliphatic carbocycles. The zero-order valence-electron chi connectivity index (χ0n) is 15.1. The fraction of sp³-hybridized carbons (Fsp3) is 0.684. The van der Waals surface area contributed by atoms with Gasteiger partial charge in [-0.05, 0) is 50.2 Å². The molecule has 1 saturated carbocycles. The average molecular weight is 365 g/mol. The van der Waals surface area contributed by atoms with Gasteiger partial charge >= 0.3 is 0 Å². The van der Waals surface area contributed by atoms with Gasteiger partial charge in [0.25, 0.3) is 5.91 Å². The maximum atomic E-state index is 12.6. The van der Waals surface area contributed by atoms with Gasteiger partial charge in [0, 0.05) is 25.5 Å². The van der Waals surface area contributed by atoms with E-state index in [0.717, 1.165) is 17.7 Å². The van der Waals surface area contributed by atoms with Gasteiger partial charge in [-0.15, -0.1) is 11.3 Å². The molecular formula is C19H28N2O3S. The number of carbonyl (C=O) groups is 2. The molecule has 0 saturated heterocycles. The summed E-state index contributed by atoms with van der Waals surface area (Å²) in [5, 5.41) is 12.6. The molecule has 0 aromatic carbocycles. The summed E-state index contributed by atoms with van der Waals surface area (Å²) in [6.45, 7) is 0.294. The highest BCUT2D eigenvalue weighted by Gasteiger charge is 2.50. The lowest BCUT2D eigenvalue weighted by Gasteiger charge is -2.45. The first-order valence-electron chi connectivity index (χ1n) is 9.21. The minimum atomic E-state index is -0.648. The minimum absolute atomic E-state index is 0.0171. The highest BCUT2D eigenvalue weighted by molar-refractivity contribution is 7.14. The van der Waals surface area contributed by atoms with Gasteiger partial charge < -0.3 is 15.3 Å². The van der Waals surface area contributed by atoms with E-state index in [0.29, 0.717) is 19.4 Å². The Morgan fingerprint density at radius 2 is 1.92 bits per heavy atom. The summed E-state index contributed by atoms with van der Waals surface area (Å²) in [5.74, 6) is -0.111. The number of rotatable bonds is 4. The van der Waals surface area contributed by atoms with Crippen molar-refractivity contribution in [2.45, 2.75) is 57.5 Å². The second-order valence-corrected chi connectivity index (χ2v) is 8.83. The zero-order chi connectivity index (χ0) is 18.0. The van der Waals surface area contributed by atoms with E-state index in [-0.39, 0.29) is 11.8 Å². The Labute approximate surface area is 153 Å². The molecule has 0 unspecified atom stereocenters. The molecule has 25 heavy (non-hydrogen) atoms. The van der Waals surface area contributed by atoms with Gasteiger partial charge in [0.2, 0.25) is 5.91 Å². The van der Waals surface area contributed by atoms with Crippen molar-refractivity contribution in [3.8, 4) is 0 Å². The number of nitrogens with one attached hydrogen (secondary N) is 1. The number of aliphatic hydroxyl groups excluding tert-OH is 1. The Bertz CT molecular complexity index is 622. The number of aryl methyl sites for hydroxylation is 2. The van der Waals surface area contributed by atoms with Crippen LogP contribution in [0.25, 0.3) is 0 Å². The lowest BCUT2D eigenvalue weighted by atomic mass is 9.65. The molecule has 0 bridgehead atoms. The molecule has 1 fully saturated rings. The van der Waals surface area contributed by atoms with Crippen LogP contribution in [0.15, 0.2) is 6.07 Å². The maximum Gasteiger partial charge on any atom is 0.261 e. The summed E-state index contributed by atoms with van der Waals surface area (Å²) in [6.07, 6.45) is 7.48. The van der Waals surface area contributed by atoms with Crippen LogP contribution in [0.1, 0.15) is 58.6 Å². The number of fused-ring (bicyclic) bond motifs is 1. The van der Waals surface area contributed by atoms with Crippen LogP contribution in [0, 0.1) is 5.41 Å². The molecule has 138 valence electrons. The first kappa shape index (κ1) is 18.4. The number of aliphatic hydroxyl groups is 1. The molecule has 2 aliphatic rings. The van der Waals surface area contributed by atoms with E-state index in [1.54, 1.807) is 30.3 Å². The van der Waals surface area contributed by atoms with Gasteiger partial charge in [-0.3, -0.25) is 9.59 Å². The van der Waals surface area contributed by atoms with Crippen molar-refractivity contribution >= 4 is 23.2 Å². The van der Waals surface area contributed by atoms with Crippen molar-refractivity contribution in [1.82, 2.24) is 10.2 Å². The van der Waals surface area contributed by atoms with Crippen LogP contribution in [0.2, 0.25) is 0 Å². The number of amides is 2. The van der Waals surface area contributed by atoms with Gasteiger partial charge in [-0.25, -0.2) is 0 Å². The summed E-state index contributed by atoms with van der Waals surface area (Å²) in [4.78, 5) is 28.7. The standard InChI is InChI=1S/C19H28N2O3S/c1-21(2)18(24)19(10-14(22)11-19)12-20-17(23)16-9-13-7-5-3-4-6-8-15(13)25-16/h9,14,22H,3-8,10-12H2,1-2H3,(H,20,23). The molecule has 0 radical (unpaired) electrons. The van der Waals surface area contributed by atoms with Gasteiger partial charge in [0.05, 0.1) is 16.4 Å². The largest absolute Gasteiger partial charge is 0.393 e. The number of hydrogen-bond donors (Lipinski definition) is 2. The van der Waals surface area contributed by atoms with Crippen LogP contribution in [0.3, 0.4) is 0 Å². The topological polar surface area (TPSA) is 69.6 Å². The molecule has 0 aliphatic heterocycles. The van der Waals surface area contributed by atoms with Gasteiger partial charge in [-0.2, -0.15) is 0 Å². The van der Waals surface area contributed by atoms with E-state index in [2.05, 4.69) is 5.32 Å². The molecule has 3 rings (SSSR count). The number of nitrogens with zero attached hydrogens (tertiary/aromatic N) is 1. The van der Waals surface area contributed by atoms with Gasteiger partial charge in [0.15, 0.2) is 0 Å². The fourth-order valence-corrected chi connectivity index (χ4v) is 5.17. The third kappa shape index (κ3) is 3.90. The Balaban J connectivity index is 1.66. The third-order valence-electron chi connectivity index (χ3n) is 5.42. The molecule has 2 N–H and O–H groups in total. The first-order chi connectivity index (χ1) is 11.9. The Morgan fingerprint density at radius 1 is 1.24 bits per heavy atom. The molecule has 1 aromatic heterocycles. The summed E-state index contributed by atoms with van der Waals surface area (Å²) in [6, 6.07) is 2.04. The normalized spacial score (nSPS) is 26.0. The van der Waals surface area contributed by atoms with Crippen molar-refractivity contribution in [1.29, 1.82) is 0 Å². The van der Waals surface area contributed by atoms with Gasteiger partial charge in [-0.1, -0.05) is 12.8 Å². The molecule has 5 nitrogen and oxygen atoms in total. The first-order valence-corrected chi connectivity index (χ1v) is 10.0. The van der Waals surface area contributed by atoms with Crippen LogP contribution >= 0.6 is 11.3 Å². The van der Waals surface area contributed by atoms with E-state index < -0.39 is 11.5 Å². The molecule has 6 heteroatoms. The Hall–Kier alpha value is -1.40. The highest BCUT2D eigenvalue weighted by Crippen LogP contribution is 2.42. The van der Waals surface area contributed by atoms with Crippen LogP contribution < -0.4 is 5.32 Å². The van der Waals surface area contributed by atoms with E-state index in [1.807, 2.05) is 6.07 Å². The van der Waals surface area contributed by atoms with Crippen molar-refractivity contribution in [3.63, 3.8) is 0 Å². The van der Waals surface area contributed by atoms with E-state index in [1.165, 1.54) is 36.1 Å². The summed E-state index contributed by atoms with van der Waals surface area (Å²) in [5.41, 5.74) is 0.678. The van der Waals surface area contributed by atoms with Crippen molar-refractivity contribution in [3.05, 3.63) is 21.4 Å². The number of thiophene rings is 1. The molecule has 0 atom stereocenters. The maximum absolute atomic E-state index is 12.6. The SMILES string of the molecule is CN(C)C(=O)C1(CNC(=O)c2cc3c(s2)CCCCCC3)CC(O)C1. The summed E-state index contributed by atoms with van der Waals surface area (Å²) >= 11 is 1.60. The van der Waals surface area contributed by atoms with Crippen molar-refractivity contribution in [2.75, 3.05) is 20.6 Å². The number of hydrogen-bond acceptors (Lipinski definition) is 4. The minimum Gasteiger partial charge on any atom is -0.393 e. The fourth-order valence-electron chi connectivity index (χ4n) is 4.00. The number of carbonyl (C=O) groups excluding carboxylic acids is 2. The zero-order valence-corrected chi connectivity index (χ0v) is 16.0. The smallest absolute Gasteiger partial charge is 0.261 e. The van der Waals surface area contributed by atoms with Crippen LogP contribution in [0.5, 0.6) is 0 Å². The Morgan fingerprint density at radius 3 is 2.56 bits per heavy atom. The van der Waals surface area contributed by atoms with Crippen LogP contribution in [-0.4, -0.2) is 48.6 Å². The second kappa shape index (κ2) is 7.46. The molecule has 1 heterocycles. The highest BCUT2D eigenvalue weighted by atomic mass is 32.1. The molecule has 2 amide bonds.